The van der Waals surface area contributed by atoms with Crippen molar-refractivity contribution >= 4 is 5.97 Å². The minimum absolute atomic E-state index is 0.000884. The van der Waals surface area contributed by atoms with E-state index in [1.165, 1.54) is 31.2 Å². The van der Waals surface area contributed by atoms with Gasteiger partial charge in [0.15, 0.2) is 0 Å². The molecule has 0 heterocycles. The highest BCUT2D eigenvalue weighted by Gasteiger charge is 2.34. The molecule has 27 heavy (non-hydrogen) atoms. The molecule has 0 amide bonds. The van der Waals surface area contributed by atoms with E-state index in [2.05, 4.69) is 6.58 Å². The van der Waals surface area contributed by atoms with Crippen LogP contribution in [0.15, 0.2) is 60.7 Å². The van der Waals surface area contributed by atoms with Crippen molar-refractivity contribution in [3.8, 4) is 17.2 Å². The summed E-state index contributed by atoms with van der Waals surface area (Å²) in [5.41, 5.74) is -0.541. The molecule has 0 spiro atoms. The van der Waals surface area contributed by atoms with Crippen LogP contribution in [0.25, 0.3) is 0 Å². The van der Waals surface area contributed by atoms with E-state index >= 15 is 0 Å². The highest BCUT2D eigenvalue weighted by molar-refractivity contribution is 5.88. The zero-order valence-electron chi connectivity index (χ0n) is 15.7. The average Bonchev–Trinajstić information content (AvgIpc) is 2.55. The largest absolute Gasteiger partial charge is 0.488 e. The van der Waals surface area contributed by atoms with Gasteiger partial charge in [0, 0.05) is 5.57 Å². The molecule has 2 rings (SSSR count). The second-order valence-corrected chi connectivity index (χ2v) is 7.00. The molecule has 0 aliphatic rings. The van der Waals surface area contributed by atoms with E-state index in [9.17, 15) is 13.6 Å². The lowest BCUT2D eigenvalue weighted by Gasteiger charge is -2.22. The van der Waals surface area contributed by atoms with Gasteiger partial charge < -0.3 is 14.2 Å². The number of esters is 1. The van der Waals surface area contributed by atoms with E-state index in [1.807, 2.05) is 20.8 Å². The van der Waals surface area contributed by atoms with Crippen molar-refractivity contribution < 1.29 is 27.8 Å². The Bertz CT molecular complexity index is 804. The Morgan fingerprint density at radius 3 is 1.74 bits per heavy atom. The maximum Gasteiger partial charge on any atom is 0.426 e. The predicted molar refractivity (Wildman–Crippen MR) is 98.2 cm³/mol. The zero-order valence-corrected chi connectivity index (χ0v) is 15.7. The van der Waals surface area contributed by atoms with Crippen LogP contribution in [0.5, 0.6) is 17.2 Å². The van der Waals surface area contributed by atoms with Gasteiger partial charge in [-0.15, -0.1) is 0 Å². The van der Waals surface area contributed by atoms with Crippen LogP contribution in [-0.2, 0) is 10.9 Å². The molecule has 0 aromatic heterocycles. The van der Waals surface area contributed by atoms with Crippen LogP contribution in [0.2, 0.25) is 0 Å². The van der Waals surface area contributed by atoms with Crippen LogP contribution in [0.4, 0.5) is 8.78 Å². The summed E-state index contributed by atoms with van der Waals surface area (Å²) in [6.45, 7) is 10.6. The van der Waals surface area contributed by atoms with Crippen LogP contribution in [0.1, 0.15) is 33.3 Å². The highest BCUT2D eigenvalue weighted by Crippen LogP contribution is 2.33. The van der Waals surface area contributed by atoms with E-state index in [-0.39, 0.29) is 28.2 Å². The molecule has 0 bridgehead atoms. The van der Waals surface area contributed by atoms with Gasteiger partial charge in [0.1, 0.15) is 22.8 Å². The Morgan fingerprint density at radius 2 is 1.30 bits per heavy atom. The molecule has 0 unspecified atom stereocenters. The van der Waals surface area contributed by atoms with Crippen molar-refractivity contribution in [1.29, 1.82) is 0 Å². The standard InChI is InChI=1S/C21H22F2O4/c1-14(2)19(24)25-16-8-6-15(7-9-16)21(22,23)27-18-12-10-17(11-13-18)26-20(3,4)5/h6-13H,1H2,2-5H3. The number of carbonyl (C=O) groups is 1. The van der Waals surface area contributed by atoms with Crippen LogP contribution in [0, 0.1) is 0 Å². The molecule has 0 atom stereocenters. The molecule has 0 fully saturated rings. The van der Waals surface area contributed by atoms with E-state index in [4.69, 9.17) is 14.2 Å². The van der Waals surface area contributed by atoms with Crippen LogP contribution < -0.4 is 14.2 Å². The second kappa shape index (κ2) is 7.78. The summed E-state index contributed by atoms with van der Waals surface area (Å²) in [5.74, 6) is 0.0791. The highest BCUT2D eigenvalue weighted by atomic mass is 19.3. The maximum absolute atomic E-state index is 14.4. The van der Waals surface area contributed by atoms with Crippen LogP contribution >= 0.6 is 0 Å². The molecule has 0 saturated carbocycles. The Balaban J connectivity index is 2.07. The number of hydrogen-bond acceptors (Lipinski definition) is 4. The van der Waals surface area contributed by atoms with Gasteiger partial charge in [0.2, 0.25) is 0 Å². The number of rotatable bonds is 6. The Kier molecular flexibility index (Phi) is 5.88. The van der Waals surface area contributed by atoms with Gasteiger partial charge in [-0.1, -0.05) is 6.58 Å². The molecule has 6 heteroatoms. The number of alkyl halides is 2. The first kappa shape index (κ1) is 20.4. The number of ether oxygens (including phenoxy) is 3. The van der Waals surface area contributed by atoms with Crippen molar-refractivity contribution in [1.82, 2.24) is 0 Å². The van der Waals surface area contributed by atoms with Crippen molar-refractivity contribution in [2.75, 3.05) is 0 Å². The zero-order chi connectivity index (χ0) is 20.2. The summed E-state index contributed by atoms with van der Waals surface area (Å²) >= 11 is 0. The van der Waals surface area contributed by atoms with Crippen molar-refractivity contribution in [3.63, 3.8) is 0 Å². The number of halogens is 2. The third kappa shape index (κ3) is 6.09. The van der Waals surface area contributed by atoms with Crippen molar-refractivity contribution in [3.05, 3.63) is 66.2 Å². The fraction of sp³-hybridized carbons (Fsp3) is 0.286. The average molecular weight is 376 g/mol. The quantitative estimate of drug-likeness (QED) is 0.381. The minimum atomic E-state index is -3.55. The smallest absolute Gasteiger partial charge is 0.426 e. The maximum atomic E-state index is 14.4. The summed E-state index contributed by atoms with van der Waals surface area (Å²) < 4.78 is 44.2. The number of benzene rings is 2. The number of hydrogen-bond donors (Lipinski definition) is 0. The first-order chi connectivity index (χ1) is 12.5. The van der Waals surface area contributed by atoms with Gasteiger partial charge in [0.05, 0.1) is 5.56 Å². The van der Waals surface area contributed by atoms with Crippen LogP contribution in [0.3, 0.4) is 0 Å². The molecule has 0 saturated heterocycles. The summed E-state index contributed by atoms with van der Waals surface area (Å²) in [6, 6.07) is 10.8. The van der Waals surface area contributed by atoms with E-state index in [1.54, 1.807) is 12.1 Å². The van der Waals surface area contributed by atoms with Crippen molar-refractivity contribution in [2.24, 2.45) is 0 Å². The van der Waals surface area contributed by atoms with E-state index < -0.39 is 12.1 Å². The SMILES string of the molecule is C=C(C)C(=O)Oc1ccc(C(F)(F)Oc2ccc(OC(C)(C)C)cc2)cc1. The topological polar surface area (TPSA) is 44.8 Å². The first-order valence-electron chi connectivity index (χ1n) is 8.30. The third-order valence-corrected chi connectivity index (χ3v) is 3.24. The Morgan fingerprint density at radius 1 is 0.852 bits per heavy atom. The van der Waals surface area contributed by atoms with Crippen molar-refractivity contribution in [2.45, 2.75) is 39.4 Å². The summed E-state index contributed by atoms with van der Waals surface area (Å²) in [7, 11) is 0. The molecule has 4 nitrogen and oxygen atoms in total. The minimum Gasteiger partial charge on any atom is -0.488 e. The van der Waals surface area contributed by atoms with Gasteiger partial charge in [0.25, 0.3) is 0 Å². The fourth-order valence-electron chi connectivity index (χ4n) is 2.05. The molecule has 0 aliphatic heterocycles. The summed E-state index contributed by atoms with van der Waals surface area (Å²) in [4.78, 5) is 11.4. The lowest BCUT2D eigenvalue weighted by molar-refractivity contribution is -0.185. The molecule has 2 aromatic carbocycles. The first-order valence-corrected chi connectivity index (χ1v) is 8.30. The molecular weight excluding hydrogens is 354 g/mol. The molecule has 144 valence electrons. The number of carbonyl (C=O) groups excluding carboxylic acids is 1. The normalized spacial score (nSPS) is 11.6. The van der Waals surface area contributed by atoms with E-state index in [0.717, 1.165) is 12.1 Å². The molecule has 0 aliphatic carbocycles. The summed E-state index contributed by atoms with van der Waals surface area (Å²) in [5, 5.41) is 0. The lowest BCUT2D eigenvalue weighted by Crippen LogP contribution is -2.23. The Labute approximate surface area is 157 Å². The Hall–Kier alpha value is -2.89. The summed E-state index contributed by atoms with van der Waals surface area (Å²) in [6.07, 6.45) is -3.55. The van der Waals surface area contributed by atoms with Gasteiger partial charge in [-0.05, 0) is 76.2 Å². The van der Waals surface area contributed by atoms with Gasteiger partial charge >= 0.3 is 12.1 Å². The third-order valence-electron chi connectivity index (χ3n) is 3.24. The van der Waals surface area contributed by atoms with Crippen LogP contribution in [-0.4, -0.2) is 11.6 Å². The molecule has 0 radical (unpaired) electrons. The van der Waals surface area contributed by atoms with E-state index in [0.29, 0.717) is 5.75 Å². The van der Waals surface area contributed by atoms with Gasteiger partial charge in [-0.2, -0.15) is 8.78 Å². The molecular formula is C21H22F2O4. The second-order valence-electron chi connectivity index (χ2n) is 7.00. The van der Waals surface area contributed by atoms with Gasteiger partial charge in [-0.25, -0.2) is 4.79 Å². The fourth-order valence-corrected chi connectivity index (χ4v) is 2.05. The van der Waals surface area contributed by atoms with Gasteiger partial charge in [-0.3, -0.25) is 0 Å². The molecule has 0 N–H and O–H groups in total. The predicted octanol–water partition coefficient (Wildman–Crippen LogP) is 5.47. The molecule has 2 aromatic rings. The monoisotopic (exact) mass is 376 g/mol. The lowest BCUT2D eigenvalue weighted by atomic mass is 10.2.